The van der Waals surface area contributed by atoms with Crippen molar-refractivity contribution in [3.63, 3.8) is 0 Å². The minimum atomic E-state index is -0.00352. The molecule has 2 heterocycles. The Bertz CT molecular complexity index is 1340. The Kier molecular flexibility index (Phi) is 9.65. The zero-order valence-corrected chi connectivity index (χ0v) is 21.8. The number of hydrogen-bond acceptors (Lipinski definition) is 5. The van der Waals surface area contributed by atoms with Crippen LogP contribution in [0.15, 0.2) is 72.8 Å². The second kappa shape index (κ2) is 12.2. The smallest absolute Gasteiger partial charge is 0.872 e. The Morgan fingerprint density at radius 2 is 0.943 bits per heavy atom. The van der Waals surface area contributed by atoms with E-state index in [2.05, 4.69) is 9.97 Å². The zero-order valence-electron chi connectivity index (χ0n) is 20.6. The number of fused-ring (bicyclic) bond motifs is 2. The fourth-order valence-corrected chi connectivity index (χ4v) is 3.36. The van der Waals surface area contributed by atoms with Gasteiger partial charge in [0.25, 0.3) is 0 Å². The van der Waals surface area contributed by atoms with Crippen LogP contribution in [0.5, 0.6) is 17.2 Å². The maximum Gasteiger partial charge on any atom is 3.00 e. The van der Waals surface area contributed by atoms with Crippen LogP contribution in [0.25, 0.3) is 21.8 Å². The summed E-state index contributed by atoms with van der Waals surface area (Å²) in [5, 5.41) is 35.5. The summed E-state index contributed by atoms with van der Waals surface area (Å²) >= 11 is 0. The number of para-hydroxylation sites is 2. The van der Waals surface area contributed by atoms with Gasteiger partial charge in [0.05, 0.1) is 11.0 Å². The van der Waals surface area contributed by atoms with Crippen molar-refractivity contribution in [3.05, 3.63) is 101 Å². The van der Waals surface area contributed by atoms with Crippen molar-refractivity contribution in [2.45, 2.75) is 34.6 Å². The normalized spacial score (nSPS) is 9.97. The average Bonchev–Trinajstić information content (AvgIpc) is 2.82. The van der Waals surface area contributed by atoms with Gasteiger partial charge in [0, 0.05) is 11.4 Å². The van der Waals surface area contributed by atoms with Gasteiger partial charge >= 0.3 is 17.4 Å². The fraction of sp³-hybridized carbons (Fsp3) is 0.172. The molecule has 0 saturated heterocycles. The van der Waals surface area contributed by atoms with Crippen molar-refractivity contribution < 1.29 is 15.3 Å². The standard InChI is InChI=1S/2C10H9NO.C9H12O.Al/c2*1-7-5-6-8-3-2-4-9(12)10(8)11-7;1-6-4-5-7(2)9(10)8(6)3;/h2*2-6,12H,1H3;4-5,10H,1-3H3;/q;;;+3/p-3. The van der Waals surface area contributed by atoms with Crippen LogP contribution >= 0.6 is 0 Å². The number of aromatic nitrogens is 2. The van der Waals surface area contributed by atoms with Gasteiger partial charge in [0.2, 0.25) is 0 Å². The van der Waals surface area contributed by atoms with Crippen LogP contribution < -0.4 is 15.3 Å². The van der Waals surface area contributed by atoms with Crippen LogP contribution in [0.3, 0.4) is 0 Å². The third-order valence-corrected chi connectivity index (χ3v) is 5.52. The third kappa shape index (κ3) is 6.96. The molecule has 0 bridgehead atoms. The maximum absolute atomic E-state index is 11.3. The van der Waals surface area contributed by atoms with Gasteiger partial charge in [0.1, 0.15) is 0 Å². The van der Waals surface area contributed by atoms with Gasteiger partial charge in [-0.2, -0.15) is 0 Å². The predicted octanol–water partition coefficient (Wildman–Crippen LogP) is 4.54. The first-order valence-corrected chi connectivity index (χ1v) is 11.0. The van der Waals surface area contributed by atoms with E-state index in [4.69, 9.17) is 0 Å². The van der Waals surface area contributed by atoms with E-state index in [0.29, 0.717) is 11.0 Å². The van der Waals surface area contributed by atoms with Crippen molar-refractivity contribution in [1.29, 1.82) is 0 Å². The molecule has 0 atom stereocenters. The van der Waals surface area contributed by atoms with Crippen molar-refractivity contribution in [2.75, 3.05) is 0 Å². The van der Waals surface area contributed by atoms with Gasteiger partial charge in [-0.15, -0.1) is 5.75 Å². The molecule has 5 nitrogen and oxygen atoms in total. The quantitative estimate of drug-likeness (QED) is 0.305. The zero-order chi connectivity index (χ0) is 24.8. The van der Waals surface area contributed by atoms with Crippen LogP contribution in [-0.2, 0) is 0 Å². The van der Waals surface area contributed by atoms with Crippen molar-refractivity contribution in [3.8, 4) is 17.2 Å². The summed E-state index contributed by atoms with van der Waals surface area (Å²) in [6.07, 6.45) is 0. The molecule has 0 saturated carbocycles. The number of benzene rings is 3. The van der Waals surface area contributed by atoms with Crippen LogP contribution in [0.4, 0.5) is 0 Å². The van der Waals surface area contributed by atoms with E-state index >= 15 is 0 Å². The first-order chi connectivity index (χ1) is 16.2. The Labute approximate surface area is 216 Å². The first kappa shape index (κ1) is 27.7. The molecular formula is C29H27AlN2O3. The number of pyridine rings is 2. The second-order valence-corrected chi connectivity index (χ2v) is 8.21. The first-order valence-electron chi connectivity index (χ1n) is 11.0. The summed E-state index contributed by atoms with van der Waals surface area (Å²) < 4.78 is 0. The Morgan fingerprint density at radius 1 is 0.514 bits per heavy atom. The number of nitrogens with zero attached hydrogens (tertiary/aromatic N) is 2. The molecule has 0 amide bonds. The molecule has 0 radical (unpaired) electrons. The van der Waals surface area contributed by atoms with Crippen LogP contribution in [-0.4, -0.2) is 27.3 Å². The summed E-state index contributed by atoms with van der Waals surface area (Å²) in [5.41, 5.74) is 5.69. The van der Waals surface area contributed by atoms with Crippen LogP contribution in [0.2, 0.25) is 0 Å². The average molecular weight is 479 g/mol. The molecule has 0 unspecified atom stereocenters. The molecular weight excluding hydrogens is 451 g/mol. The SMILES string of the molecule is Cc1ccc(C)c([O-])c1C.Cc1ccc2cccc([O-])c2n1.Cc1ccc2cccc([O-])c2n1.[Al+3]. The van der Waals surface area contributed by atoms with Crippen LogP contribution in [0.1, 0.15) is 28.1 Å². The van der Waals surface area contributed by atoms with Gasteiger partial charge in [-0.3, -0.25) is 9.97 Å². The van der Waals surface area contributed by atoms with E-state index in [1.807, 2.05) is 83.1 Å². The van der Waals surface area contributed by atoms with Gasteiger partial charge in [0.15, 0.2) is 0 Å². The summed E-state index contributed by atoms with van der Waals surface area (Å²) in [5.74, 6) is 0.174. The Balaban J connectivity index is 0.000000184. The molecule has 6 heteroatoms. The Morgan fingerprint density at radius 3 is 1.37 bits per heavy atom. The van der Waals surface area contributed by atoms with E-state index < -0.39 is 0 Å². The van der Waals surface area contributed by atoms with Crippen molar-refractivity contribution >= 4 is 39.2 Å². The van der Waals surface area contributed by atoms with Crippen LogP contribution in [0, 0.1) is 34.6 Å². The van der Waals surface area contributed by atoms with Crippen molar-refractivity contribution in [2.24, 2.45) is 0 Å². The second-order valence-electron chi connectivity index (χ2n) is 8.21. The summed E-state index contributed by atoms with van der Waals surface area (Å²) in [6, 6.07) is 21.8. The molecule has 0 spiro atoms. The van der Waals surface area contributed by atoms with Gasteiger partial charge < -0.3 is 15.3 Å². The van der Waals surface area contributed by atoms with E-state index in [9.17, 15) is 15.3 Å². The molecule has 0 aliphatic carbocycles. The number of hydrogen-bond donors (Lipinski definition) is 0. The van der Waals surface area contributed by atoms with Crippen molar-refractivity contribution in [1.82, 2.24) is 9.97 Å². The summed E-state index contributed by atoms with van der Waals surface area (Å²) in [6.45, 7) is 9.42. The number of aryl methyl sites for hydroxylation is 4. The minimum absolute atomic E-state index is 0. The summed E-state index contributed by atoms with van der Waals surface area (Å²) in [4.78, 5) is 8.33. The topological polar surface area (TPSA) is 95.0 Å². The largest absolute Gasteiger partial charge is 3.00 e. The summed E-state index contributed by atoms with van der Waals surface area (Å²) in [7, 11) is 0. The van der Waals surface area contributed by atoms with E-state index in [-0.39, 0.29) is 34.6 Å². The molecule has 5 rings (SSSR count). The van der Waals surface area contributed by atoms with E-state index in [1.165, 1.54) is 12.1 Å². The van der Waals surface area contributed by atoms with Gasteiger partial charge in [-0.25, -0.2) is 0 Å². The molecule has 174 valence electrons. The van der Waals surface area contributed by atoms with Gasteiger partial charge in [-0.05, 0) is 63.1 Å². The molecule has 0 aliphatic heterocycles. The predicted molar refractivity (Wildman–Crippen MR) is 138 cm³/mol. The maximum atomic E-state index is 11.3. The van der Waals surface area contributed by atoms with E-state index in [1.54, 1.807) is 12.1 Å². The molecule has 35 heavy (non-hydrogen) atoms. The fourth-order valence-electron chi connectivity index (χ4n) is 3.36. The minimum Gasteiger partial charge on any atom is -0.872 e. The van der Waals surface area contributed by atoms with Gasteiger partial charge in [-0.1, -0.05) is 83.3 Å². The molecule has 5 aromatic rings. The Hall–Kier alpha value is -3.59. The molecule has 3 aromatic carbocycles. The monoisotopic (exact) mass is 478 g/mol. The molecule has 0 aliphatic rings. The molecule has 0 N–H and O–H groups in total. The third-order valence-electron chi connectivity index (χ3n) is 5.52. The number of rotatable bonds is 0. The van der Waals surface area contributed by atoms with E-state index in [0.717, 1.165) is 38.9 Å². The molecule has 0 fully saturated rings. The molecule has 2 aromatic heterocycles.